The number of hydrogen-bond acceptors (Lipinski definition) is 3. The third-order valence-electron chi connectivity index (χ3n) is 3.00. The van der Waals surface area contributed by atoms with Crippen LogP contribution in [0, 0.1) is 0 Å². The first kappa shape index (κ1) is 10.1. The molecule has 3 nitrogen and oxygen atoms in total. The summed E-state index contributed by atoms with van der Waals surface area (Å²) in [6.07, 6.45) is 2.18. The third-order valence-corrected chi connectivity index (χ3v) is 3.00. The summed E-state index contributed by atoms with van der Waals surface area (Å²) in [4.78, 5) is 11.9. The highest BCUT2D eigenvalue weighted by molar-refractivity contribution is 5.87. The Morgan fingerprint density at radius 1 is 1.12 bits per heavy atom. The van der Waals surface area contributed by atoms with Crippen molar-refractivity contribution in [3.8, 4) is 5.95 Å². The smallest absolute Gasteiger partial charge is 0.284 e. The van der Waals surface area contributed by atoms with Gasteiger partial charge < -0.3 is 9.15 Å². The van der Waals surface area contributed by atoms with Crippen molar-refractivity contribution in [3.63, 3.8) is 0 Å². The first-order valence-electron chi connectivity index (χ1n) is 5.62. The number of ether oxygens (including phenoxy) is 1. The van der Waals surface area contributed by atoms with E-state index in [0.29, 0.717) is 18.8 Å². The van der Waals surface area contributed by atoms with Gasteiger partial charge in [0.1, 0.15) is 0 Å². The second-order valence-corrected chi connectivity index (χ2v) is 4.15. The van der Waals surface area contributed by atoms with Gasteiger partial charge in [0.05, 0.1) is 6.26 Å². The number of carbonyl (C=O) groups excluding carboxylic acids is 1. The number of Topliss-reactive ketones (excluding diaryl/α,β-unsaturated/α-hetero) is 1. The second kappa shape index (κ2) is 4.09. The molecule has 0 saturated carbocycles. The molecule has 1 aromatic carbocycles. The molecule has 1 aromatic heterocycles. The lowest BCUT2D eigenvalue weighted by Gasteiger charge is -2.23. The van der Waals surface area contributed by atoms with Crippen molar-refractivity contribution in [2.75, 3.05) is 0 Å². The van der Waals surface area contributed by atoms with E-state index in [9.17, 15) is 4.79 Å². The molecule has 0 saturated heterocycles. The molecule has 1 aliphatic carbocycles. The first-order valence-corrected chi connectivity index (χ1v) is 5.62. The summed E-state index contributed by atoms with van der Waals surface area (Å²) >= 11 is 0. The average Bonchev–Trinajstić information content (AvgIpc) is 2.83. The number of ketones is 1. The van der Waals surface area contributed by atoms with Gasteiger partial charge in [0.25, 0.3) is 5.95 Å². The fourth-order valence-electron chi connectivity index (χ4n) is 2.12. The molecular weight excluding hydrogens is 216 g/mol. The van der Waals surface area contributed by atoms with Crippen LogP contribution in [0.5, 0.6) is 5.95 Å². The summed E-state index contributed by atoms with van der Waals surface area (Å²) in [5, 5.41) is 0. The highest BCUT2D eigenvalue weighted by Crippen LogP contribution is 2.23. The van der Waals surface area contributed by atoms with Crippen LogP contribution in [0.15, 0.2) is 47.1 Å². The largest absolute Gasteiger partial charge is 0.453 e. The Balaban J connectivity index is 1.82. The SMILES string of the molecule is O=C1Cc2ccccc2CC1Oc1ccco1. The van der Waals surface area contributed by atoms with Crippen LogP contribution in [0.4, 0.5) is 0 Å². The topological polar surface area (TPSA) is 39.4 Å². The number of hydrogen-bond donors (Lipinski definition) is 0. The minimum atomic E-state index is -0.420. The molecule has 86 valence electrons. The molecule has 3 heteroatoms. The zero-order valence-electron chi connectivity index (χ0n) is 9.26. The van der Waals surface area contributed by atoms with E-state index < -0.39 is 6.10 Å². The number of carbonyl (C=O) groups is 1. The van der Waals surface area contributed by atoms with Crippen molar-refractivity contribution in [3.05, 3.63) is 53.8 Å². The fourth-order valence-corrected chi connectivity index (χ4v) is 2.12. The quantitative estimate of drug-likeness (QED) is 0.792. The molecule has 0 radical (unpaired) electrons. The Morgan fingerprint density at radius 2 is 1.94 bits per heavy atom. The monoisotopic (exact) mass is 228 g/mol. The van der Waals surface area contributed by atoms with Gasteiger partial charge >= 0.3 is 0 Å². The Kier molecular flexibility index (Phi) is 2.44. The van der Waals surface area contributed by atoms with Crippen LogP contribution in [0.1, 0.15) is 11.1 Å². The lowest BCUT2D eigenvalue weighted by molar-refractivity contribution is -0.126. The summed E-state index contributed by atoms with van der Waals surface area (Å²) in [6.45, 7) is 0. The molecule has 17 heavy (non-hydrogen) atoms. The molecule has 3 rings (SSSR count). The lowest BCUT2D eigenvalue weighted by Crippen LogP contribution is -2.35. The number of benzene rings is 1. The van der Waals surface area contributed by atoms with Gasteiger partial charge in [-0.05, 0) is 17.2 Å². The van der Waals surface area contributed by atoms with Gasteiger partial charge in [-0.2, -0.15) is 0 Å². The molecule has 2 aromatic rings. The van der Waals surface area contributed by atoms with Gasteiger partial charge in [-0.25, -0.2) is 0 Å². The van der Waals surface area contributed by atoms with Crippen LogP contribution in [0.25, 0.3) is 0 Å². The maximum absolute atomic E-state index is 11.9. The van der Waals surface area contributed by atoms with Crippen molar-refractivity contribution in [2.24, 2.45) is 0 Å². The predicted octanol–water partition coefficient (Wildman–Crippen LogP) is 2.39. The summed E-state index contributed by atoms with van der Waals surface area (Å²) in [6, 6.07) is 11.4. The van der Waals surface area contributed by atoms with E-state index in [-0.39, 0.29) is 5.78 Å². The van der Waals surface area contributed by atoms with E-state index in [1.165, 1.54) is 11.8 Å². The van der Waals surface area contributed by atoms with Crippen molar-refractivity contribution >= 4 is 5.78 Å². The molecular formula is C14H12O3. The highest BCUT2D eigenvalue weighted by atomic mass is 16.6. The van der Waals surface area contributed by atoms with E-state index in [2.05, 4.69) is 0 Å². The van der Waals surface area contributed by atoms with E-state index in [0.717, 1.165) is 5.56 Å². The van der Waals surface area contributed by atoms with Crippen LogP contribution in [-0.4, -0.2) is 11.9 Å². The Bertz CT molecular complexity index is 528. The first-order chi connectivity index (χ1) is 8.33. The zero-order valence-corrected chi connectivity index (χ0v) is 9.26. The van der Waals surface area contributed by atoms with Gasteiger partial charge in [0.15, 0.2) is 11.9 Å². The van der Waals surface area contributed by atoms with Gasteiger partial charge in [0.2, 0.25) is 0 Å². The molecule has 0 amide bonds. The summed E-state index contributed by atoms with van der Waals surface area (Å²) < 4.78 is 10.6. The normalized spacial score (nSPS) is 18.8. The predicted molar refractivity (Wildman–Crippen MR) is 62.0 cm³/mol. The standard InChI is InChI=1S/C14H12O3/c15-12-8-10-4-1-2-5-11(10)9-13(12)17-14-6-3-7-16-14/h1-7,13H,8-9H2. The van der Waals surface area contributed by atoms with Crippen LogP contribution in [-0.2, 0) is 17.6 Å². The number of furan rings is 1. The summed E-state index contributed by atoms with van der Waals surface area (Å²) in [5.41, 5.74) is 2.29. The molecule has 1 heterocycles. The lowest BCUT2D eigenvalue weighted by atomic mass is 9.89. The van der Waals surface area contributed by atoms with E-state index >= 15 is 0 Å². The van der Waals surface area contributed by atoms with Gasteiger partial charge in [-0.3, -0.25) is 4.79 Å². The molecule has 0 aliphatic heterocycles. The van der Waals surface area contributed by atoms with Gasteiger partial charge in [-0.15, -0.1) is 0 Å². The molecule has 1 atom stereocenters. The Morgan fingerprint density at radius 3 is 2.71 bits per heavy atom. The Hall–Kier alpha value is -2.03. The van der Waals surface area contributed by atoms with Crippen molar-refractivity contribution < 1.29 is 13.9 Å². The molecule has 1 aliphatic rings. The van der Waals surface area contributed by atoms with Gasteiger partial charge in [0, 0.05) is 18.9 Å². The molecule has 0 N–H and O–H groups in total. The minimum Gasteiger partial charge on any atom is -0.453 e. The Labute approximate surface area is 99.0 Å². The van der Waals surface area contributed by atoms with Crippen LogP contribution >= 0.6 is 0 Å². The van der Waals surface area contributed by atoms with Crippen LogP contribution < -0.4 is 4.74 Å². The van der Waals surface area contributed by atoms with Gasteiger partial charge in [-0.1, -0.05) is 24.3 Å². The van der Waals surface area contributed by atoms with E-state index in [4.69, 9.17) is 9.15 Å². The highest BCUT2D eigenvalue weighted by Gasteiger charge is 2.28. The fraction of sp³-hybridized carbons (Fsp3) is 0.214. The van der Waals surface area contributed by atoms with Crippen LogP contribution in [0.2, 0.25) is 0 Å². The summed E-state index contributed by atoms with van der Waals surface area (Å²) in [7, 11) is 0. The zero-order chi connectivity index (χ0) is 11.7. The van der Waals surface area contributed by atoms with Crippen molar-refractivity contribution in [2.45, 2.75) is 18.9 Å². The van der Waals surface area contributed by atoms with E-state index in [1.807, 2.05) is 24.3 Å². The molecule has 0 bridgehead atoms. The maximum atomic E-state index is 11.9. The second-order valence-electron chi connectivity index (χ2n) is 4.15. The maximum Gasteiger partial charge on any atom is 0.284 e. The molecule has 0 spiro atoms. The third kappa shape index (κ3) is 1.96. The number of rotatable bonds is 2. The molecule has 1 unspecified atom stereocenters. The molecule has 0 fully saturated rings. The van der Waals surface area contributed by atoms with Crippen LogP contribution in [0.3, 0.4) is 0 Å². The summed E-state index contributed by atoms with van der Waals surface area (Å²) in [5.74, 6) is 0.517. The van der Waals surface area contributed by atoms with Crippen molar-refractivity contribution in [1.29, 1.82) is 0 Å². The van der Waals surface area contributed by atoms with E-state index in [1.54, 1.807) is 12.1 Å². The number of fused-ring (bicyclic) bond motifs is 1. The van der Waals surface area contributed by atoms with Crippen molar-refractivity contribution in [1.82, 2.24) is 0 Å². The minimum absolute atomic E-state index is 0.111. The average molecular weight is 228 g/mol.